The van der Waals surface area contributed by atoms with Crippen LogP contribution in [0.15, 0.2) is 55.2 Å². The quantitative estimate of drug-likeness (QED) is 0.776. The van der Waals surface area contributed by atoms with Crippen molar-refractivity contribution in [1.29, 1.82) is 0 Å². The van der Waals surface area contributed by atoms with Gasteiger partial charge in [-0.2, -0.15) is 0 Å². The maximum absolute atomic E-state index is 11.6. The molecule has 0 saturated heterocycles. The molecular formula is C19H21N5O. The summed E-state index contributed by atoms with van der Waals surface area (Å²) in [6.07, 6.45) is 8.86. The van der Waals surface area contributed by atoms with Crippen LogP contribution in [0.1, 0.15) is 20.8 Å². The molecule has 0 aliphatic heterocycles. The molecule has 0 spiro atoms. The van der Waals surface area contributed by atoms with E-state index in [1.807, 2.05) is 44.3 Å². The molecule has 0 unspecified atom stereocenters. The van der Waals surface area contributed by atoms with E-state index in [1.54, 1.807) is 24.8 Å². The van der Waals surface area contributed by atoms with E-state index >= 15 is 0 Å². The number of anilines is 2. The highest BCUT2D eigenvalue weighted by Gasteiger charge is 2.25. The molecule has 0 atom stereocenters. The van der Waals surface area contributed by atoms with E-state index in [0.29, 0.717) is 6.54 Å². The summed E-state index contributed by atoms with van der Waals surface area (Å²) in [4.78, 5) is 26.6. The van der Waals surface area contributed by atoms with E-state index in [0.717, 1.165) is 22.3 Å². The number of pyridine rings is 3. The summed E-state index contributed by atoms with van der Waals surface area (Å²) in [7, 11) is 0. The number of hydrogen-bond donors (Lipinski definition) is 1. The lowest BCUT2D eigenvalue weighted by atomic mass is 10.0. The number of rotatable bonds is 5. The average Bonchev–Trinajstić information content (AvgIpc) is 2.59. The molecule has 3 rings (SSSR count). The first kappa shape index (κ1) is 16.8. The fourth-order valence-electron chi connectivity index (χ4n) is 2.94. The topological polar surface area (TPSA) is 71.0 Å². The summed E-state index contributed by atoms with van der Waals surface area (Å²) in [6, 6.07) is 7.77. The lowest BCUT2D eigenvalue weighted by Crippen LogP contribution is -2.50. The third-order valence-corrected chi connectivity index (χ3v) is 3.84. The van der Waals surface area contributed by atoms with Gasteiger partial charge in [-0.15, -0.1) is 0 Å². The summed E-state index contributed by atoms with van der Waals surface area (Å²) >= 11 is 0. The van der Waals surface area contributed by atoms with Gasteiger partial charge in [-0.3, -0.25) is 14.8 Å². The fourth-order valence-corrected chi connectivity index (χ4v) is 2.94. The van der Waals surface area contributed by atoms with Crippen LogP contribution >= 0.6 is 0 Å². The minimum absolute atomic E-state index is 0.0604. The second-order valence-corrected chi connectivity index (χ2v) is 6.59. The molecule has 1 amide bonds. The standard InChI is InChI=1S/C19H21N5O/c1-14(25)23-19(2,3)13-24(16-5-8-20-9-6-16)18-17-7-10-21-12-15(17)4-11-22-18/h4-12H,13H2,1-3H3,(H,23,25). The molecule has 6 nitrogen and oxygen atoms in total. The van der Waals surface area contributed by atoms with Gasteiger partial charge in [-0.05, 0) is 38.1 Å². The smallest absolute Gasteiger partial charge is 0.217 e. The Morgan fingerprint density at radius 1 is 1.08 bits per heavy atom. The van der Waals surface area contributed by atoms with Gasteiger partial charge in [0, 0.05) is 60.9 Å². The van der Waals surface area contributed by atoms with Crippen molar-refractivity contribution in [2.45, 2.75) is 26.3 Å². The minimum Gasteiger partial charge on any atom is -0.350 e. The first-order chi connectivity index (χ1) is 12.0. The molecule has 1 N–H and O–H groups in total. The Morgan fingerprint density at radius 2 is 1.80 bits per heavy atom. The monoisotopic (exact) mass is 335 g/mol. The predicted octanol–water partition coefficient (Wildman–Crippen LogP) is 3.08. The summed E-state index contributed by atoms with van der Waals surface area (Å²) in [6.45, 7) is 6.08. The van der Waals surface area contributed by atoms with Crippen LogP contribution in [0.5, 0.6) is 0 Å². The molecule has 0 aliphatic carbocycles. The lowest BCUT2D eigenvalue weighted by Gasteiger charge is -2.34. The van der Waals surface area contributed by atoms with Crippen molar-refractivity contribution in [3.05, 3.63) is 55.2 Å². The molecule has 0 saturated carbocycles. The van der Waals surface area contributed by atoms with Gasteiger partial charge >= 0.3 is 0 Å². The number of nitrogens with zero attached hydrogens (tertiary/aromatic N) is 4. The van der Waals surface area contributed by atoms with Crippen LogP contribution in [0, 0.1) is 0 Å². The van der Waals surface area contributed by atoms with Gasteiger partial charge in [0.15, 0.2) is 0 Å². The third-order valence-electron chi connectivity index (χ3n) is 3.84. The maximum Gasteiger partial charge on any atom is 0.217 e. The van der Waals surface area contributed by atoms with Gasteiger partial charge in [0.1, 0.15) is 5.82 Å². The molecule has 128 valence electrons. The second-order valence-electron chi connectivity index (χ2n) is 6.59. The van der Waals surface area contributed by atoms with Gasteiger partial charge in [0.25, 0.3) is 0 Å². The van der Waals surface area contributed by atoms with Crippen LogP contribution in [-0.4, -0.2) is 32.9 Å². The Balaban J connectivity index is 2.09. The van der Waals surface area contributed by atoms with E-state index in [1.165, 1.54) is 6.92 Å². The summed E-state index contributed by atoms with van der Waals surface area (Å²) in [5, 5.41) is 5.03. The van der Waals surface area contributed by atoms with Crippen molar-refractivity contribution in [2.24, 2.45) is 0 Å². The van der Waals surface area contributed by atoms with E-state index in [9.17, 15) is 4.79 Å². The molecule has 3 heterocycles. The molecule has 6 heteroatoms. The number of hydrogen-bond acceptors (Lipinski definition) is 5. The highest BCUT2D eigenvalue weighted by atomic mass is 16.1. The van der Waals surface area contributed by atoms with E-state index in [2.05, 4.69) is 25.2 Å². The van der Waals surface area contributed by atoms with Gasteiger partial charge in [0.05, 0.1) is 5.54 Å². The molecule has 0 fully saturated rings. The van der Waals surface area contributed by atoms with Crippen LogP contribution < -0.4 is 10.2 Å². The van der Waals surface area contributed by atoms with Gasteiger partial charge < -0.3 is 10.2 Å². The van der Waals surface area contributed by atoms with Crippen LogP contribution in [0.3, 0.4) is 0 Å². The van der Waals surface area contributed by atoms with E-state index in [-0.39, 0.29) is 5.91 Å². The molecule has 3 aromatic heterocycles. The van der Waals surface area contributed by atoms with E-state index < -0.39 is 5.54 Å². The zero-order chi connectivity index (χ0) is 17.9. The molecule has 25 heavy (non-hydrogen) atoms. The third kappa shape index (κ3) is 3.91. The Morgan fingerprint density at radius 3 is 2.52 bits per heavy atom. The summed E-state index contributed by atoms with van der Waals surface area (Å²) in [5.74, 6) is 0.763. The fraction of sp³-hybridized carbons (Fsp3) is 0.263. The number of nitrogens with one attached hydrogen (secondary N) is 1. The summed E-state index contributed by atoms with van der Waals surface area (Å²) in [5.41, 5.74) is 0.525. The SMILES string of the molecule is CC(=O)NC(C)(C)CN(c1ccncc1)c1nccc2cnccc12. The number of carbonyl (C=O) groups is 1. The van der Waals surface area contributed by atoms with Crippen LogP contribution in [0.2, 0.25) is 0 Å². The largest absolute Gasteiger partial charge is 0.350 e. The molecule has 0 aromatic carbocycles. The zero-order valence-electron chi connectivity index (χ0n) is 14.6. The zero-order valence-corrected chi connectivity index (χ0v) is 14.6. The number of amides is 1. The number of fused-ring (bicyclic) bond motifs is 1. The Labute approximate surface area is 146 Å². The van der Waals surface area contributed by atoms with Gasteiger partial charge in [-0.25, -0.2) is 4.98 Å². The van der Waals surface area contributed by atoms with Crippen molar-refractivity contribution in [1.82, 2.24) is 20.3 Å². The highest BCUT2D eigenvalue weighted by Crippen LogP contribution is 2.30. The molecule has 0 aliphatic rings. The predicted molar refractivity (Wildman–Crippen MR) is 98.7 cm³/mol. The maximum atomic E-state index is 11.6. The van der Waals surface area contributed by atoms with Crippen LogP contribution in [0.4, 0.5) is 11.5 Å². The molecule has 0 bridgehead atoms. The van der Waals surface area contributed by atoms with Crippen molar-refractivity contribution >= 4 is 28.2 Å². The van der Waals surface area contributed by atoms with E-state index in [4.69, 9.17) is 0 Å². The molecular weight excluding hydrogens is 314 g/mol. The Kier molecular flexibility index (Phi) is 4.61. The first-order valence-electron chi connectivity index (χ1n) is 8.11. The Hall–Kier alpha value is -3.02. The van der Waals surface area contributed by atoms with Crippen LogP contribution in [-0.2, 0) is 4.79 Å². The molecule has 0 radical (unpaired) electrons. The van der Waals surface area contributed by atoms with Crippen molar-refractivity contribution in [2.75, 3.05) is 11.4 Å². The second kappa shape index (κ2) is 6.84. The summed E-state index contributed by atoms with van der Waals surface area (Å²) < 4.78 is 0. The minimum atomic E-state index is -0.439. The van der Waals surface area contributed by atoms with Crippen molar-refractivity contribution in [3.8, 4) is 0 Å². The van der Waals surface area contributed by atoms with Gasteiger partial charge in [-0.1, -0.05) is 0 Å². The normalized spacial score (nSPS) is 11.3. The van der Waals surface area contributed by atoms with Crippen molar-refractivity contribution < 1.29 is 4.79 Å². The number of aromatic nitrogens is 3. The van der Waals surface area contributed by atoms with Crippen molar-refractivity contribution in [3.63, 3.8) is 0 Å². The van der Waals surface area contributed by atoms with Gasteiger partial charge in [0.2, 0.25) is 5.91 Å². The molecule has 3 aromatic rings. The van der Waals surface area contributed by atoms with Crippen LogP contribution in [0.25, 0.3) is 10.8 Å². The average molecular weight is 335 g/mol. The lowest BCUT2D eigenvalue weighted by molar-refractivity contribution is -0.120. The Bertz CT molecular complexity index is 874. The number of carbonyl (C=O) groups excluding carboxylic acids is 1. The highest BCUT2D eigenvalue weighted by molar-refractivity contribution is 5.93. The first-order valence-corrected chi connectivity index (χ1v) is 8.11.